The molecule has 0 aliphatic heterocycles. The minimum absolute atomic E-state index is 0.476. The van der Waals surface area contributed by atoms with Crippen LogP contribution in [0, 0.1) is 0 Å². The number of nitrogens with two attached hydrogens (primary N) is 1. The van der Waals surface area contributed by atoms with Gasteiger partial charge in [-0.2, -0.15) is 0 Å². The molecule has 0 spiro atoms. The highest BCUT2D eigenvalue weighted by Crippen LogP contribution is 2.18. The summed E-state index contributed by atoms with van der Waals surface area (Å²) in [5.74, 6) is 0. The molecule has 3 N–H and O–H groups in total. The predicted octanol–water partition coefficient (Wildman–Crippen LogP) is 2.44. The van der Waals surface area contributed by atoms with Gasteiger partial charge in [-0.25, -0.2) is 0 Å². The number of aromatic amines is 1. The van der Waals surface area contributed by atoms with E-state index in [-0.39, 0.29) is 0 Å². The van der Waals surface area contributed by atoms with E-state index in [1.165, 1.54) is 11.1 Å². The molecule has 0 aliphatic rings. The van der Waals surface area contributed by atoms with Crippen molar-refractivity contribution < 1.29 is 0 Å². The average molecular weight is 222 g/mol. The second-order valence-corrected chi connectivity index (χ2v) is 4.65. The third-order valence-electron chi connectivity index (χ3n) is 2.22. The number of H-pyrrole nitrogens is 1. The van der Waals surface area contributed by atoms with Crippen LogP contribution in [-0.2, 0) is 6.42 Å². The molecule has 1 rings (SSSR count). The average Bonchev–Trinajstić information content (AvgIpc) is 2.58. The highest BCUT2D eigenvalue weighted by molar-refractivity contribution is 7.17. The first-order valence-corrected chi connectivity index (χ1v) is 5.82. The minimum Gasteiger partial charge on any atom is -0.361 e. The predicted molar refractivity (Wildman–Crippen MR) is 71.8 cm³/mol. The number of aromatic nitrogens is 1. The molecule has 2 unspecified atom stereocenters. The van der Waals surface area contributed by atoms with Crippen molar-refractivity contribution in [2.75, 3.05) is 6.54 Å². The summed E-state index contributed by atoms with van der Waals surface area (Å²) < 4.78 is 0. The van der Waals surface area contributed by atoms with Gasteiger partial charge in [0.2, 0.25) is 0 Å². The lowest BCUT2D eigenvalue weighted by molar-refractivity contribution is 0.968. The van der Waals surface area contributed by atoms with E-state index in [2.05, 4.69) is 39.9 Å². The maximum Gasteiger partial charge on any atom is 0.0453 e. The molecule has 1 aromatic heterocycles. The molecule has 2 nitrogen and oxygen atoms in total. The summed E-state index contributed by atoms with van der Waals surface area (Å²) >= 11 is 0. The molecule has 0 bridgehead atoms. The van der Waals surface area contributed by atoms with Crippen LogP contribution in [-0.4, -0.2) is 17.2 Å². The summed E-state index contributed by atoms with van der Waals surface area (Å²) in [6.07, 6.45) is 9.01. The molecule has 0 amide bonds. The Morgan fingerprint density at radius 2 is 2.40 bits per heavy atom. The van der Waals surface area contributed by atoms with Crippen molar-refractivity contribution >= 4 is 21.4 Å². The van der Waals surface area contributed by atoms with Crippen molar-refractivity contribution in [3.8, 4) is 0 Å². The summed E-state index contributed by atoms with van der Waals surface area (Å²) in [6, 6.07) is 0. The van der Waals surface area contributed by atoms with E-state index in [1.807, 2.05) is 12.3 Å². The fourth-order valence-corrected chi connectivity index (χ4v) is 1.59. The zero-order valence-electron chi connectivity index (χ0n) is 9.16. The molecule has 0 fully saturated rings. The van der Waals surface area contributed by atoms with Gasteiger partial charge < -0.3 is 10.7 Å². The van der Waals surface area contributed by atoms with Crippen LogP contribution >= 0.6 is 9.24 Å². The minimum atomic E-state index is 0.476. The normalized spacial score (nSPS) is 13.3. The molecule has 0 saturated carbocycles. The van der Waals surface area contributed by atoms with E-state index >= 15 is 0 Å². The number of hydrogen-bond donors (Lipinski definition) is 2. The van der Waals surface area contributed by atoms with Crippen LogP contribution in [0.15, 0.2) is 18.9 Å². The van der Waals surface area contributed by atoms with Gasteiger partial charge in [0.25, 0.3) is 0 Å². The van der Waals surface area contributed by atoms with Gasteiger partial charge in [0.05, 0.1) is 0 Å². The topological polar surface area (TPSA) is 41.8 Å². The maximum absolute atomic E-state index is 5.55. The van der Waals surface area contributed by atoms with Crippen molar-refractivity contribution in [3.05, 3.63) is 35.7 Å². The van der Waals surface area contributed by atoms with E-state index in [0.717, 1.165) is 12.1 Å². The molecule has 0 aromatic carbocycles. The summed E-state index contributed by atoms with van der Waals surface area (Å²) in [5.41, 5.74) is 9.54. The summed E-state index contributed by atoms with van der Waals surface area (Å²) in [6.45, 7) is 6.63. The molecule has 82 valence electrons. The van der Waals surface area contributed by atoms with E-state index in [9.17, 15) is 0 Å². The SMILES string of the molecule is C=Cc1c(CCN)c[nH]c1/C=C\C(C)P. The van der Waals surface area contributed by atoms with Gasteiger partial charge in [0, 0.05) is 17.5 Å². The number of nitrogens with one attached hydrogen (secondary N) is 1. The van der Waals surface area contributed by atoms with Crippen LogP contribution in [0.3, 0.4) is 0 Å². The Hall–Kier alpha value is -0.850. The van der Waals surface area contributed by atoms with Crippen molar-refractivity contribution in [2.24, 2.45) is 5.73 Å². The monoisotopic (exact) mass is 222 g/mol. The third kappa shape index (κ3) is 3.33. The second-order valence-electron chi connectivity index (χ2n) is 3.60. The molecule has 1 heterocycles. The first kappa shape index (κ1) is 12.2. The Morgan fingerprint density at radius 1 is 1.67 bits per heavy atom. The fourth-order valence-electron chi connectivity index (χ4n) is 1.48. The summed E-state index contributed by atoms with van der Waals surface area (Å²) in [4.78, 5) is 3.24. The van der Waals surface area contributed by atoms with Gasteiger partial charge in [0.1, 0.15) is 0 Å². The zero-order valence-corrected chi connectivity index (χ0v) is 10.3. The van der Waals surface area contributed by atoms with Crippen LogP contribution < -0.4 is 5.73 Å². The number of allylic oxidation sites excluding steroid dienone is 1. The van der Waals surface area contributed by atoms with E-state index < -0.39 is 0 Å². The first-order chi connectivity index (χ1) is 7.19. The van der Waals surface area contributed by atoms with Crippen LogP contribution in [0.1, 0.15) is 23.7 Å². The quantitative estimate of drug-likeness (QED) is 0.738. The van der Waals surface area contributed by atoms with Crippen LogP contribution in [0.4, 0.5) is 0 Å². The lowest BCUT2D eigenvalue weighted by Crippen LogP contribution is -2.02. The van der Waals surface area contributed by atoms with Crippen molar-refractivity contribution in [3.63, 3.8) is 0 Å². The molecular weight excluding hydrogens is 203 g/mol. The van der Waals surface area contributed by atoms with E-state index in [1.54, 1.807) is 0 Å². The molecule has 2 atom stereocenters. The second kappa shape index (κ2) is 5.89. The lowest BCUT2D eigenvalue weighted by atomic mass is 10.1. The zero-order chi connectivity index (χ0) is 11.3. The van der Waals surface area contributed by atoms with Gasteiger partial charge in [-0.15, -0.1) is 9.24 Å². The van der Waals surface area contributed by atoms with Gasteiger partial charge in [-0.3, -0.25) is 0 Å². The Morgan fingerprint density at radius 3 is 2.93 bits per heavy atom. The highest BCUT2D eigenvalue weighted by atomic mass is 31.0. The Bertz CT molecular complexity index is 351. The van der Waals surface area contributed by atoms with E-state index in [4.69, 9.17) is 5.73 Å². The van der Waals surface area contributed by atoms with Crippen molar-refractivity contribution in [1.82, 2.24) is 4.98 Å². The lowest BCUT2D eigenvalue weighted by Gasteiger charge is -1.98. The third-order valence-corrected chi connectivity index (χ3v) is 2.44. The van der Waals surface area contributed by atoms with Gasteiger partial charge >= 0.3 is 0 Å². The molecule has 15 heavy (non-hydrogen) atoms. The largest absolute Gasteiger partial charge is 0.361 e. The molecule has 0 saturated heterocycles. The highest BCUT2D eigenvalue weighted by Gasteiger charge is 2.04. The van der Waals surface area contributed by atoms with E-state index in [0.29, 0.717) is 12.2 Å². The Kier molecular flexibility index (Phi) is 4.80. The Balaban J connectivity index is 2.93. The fraction of sp³-hybridized carbons (Fsp3) is 0.333. The molecule has 3 heteroatoms. The van der Waals surface area contributed by atoms with Crippen LogP contribution in [0.25, 0.3) is 12.2 Å². The van der Waals surface area contributed by atoms with Gasteiger partial charge in [-0.1, -0.05) is 25.7 Å². The number of hydrogen-bond acceptors (Lipinski definition) is 1. The molecule has 1 aromatic rings. The maximum atomic E-state index is 5.55. The first-order valence-electron chi connectivity index (χ1n) is 5.15. The smallest absolute Gasteiger partial charge is 0.0453 e. The molecule has 0 aliphatic carbocycles. The summed E-state index contributed by atoms with van der Waals surface area (Å²) in [7, 11) is 2.74. The van der Waals surface area contributed by atoms with Crippen LogP contribution in [0.2, 0.25) is 0 Å². The van der Waals surface area contributed by atoms with Gasteiger partial charge in [0.15, 0.2) is 0 Å². The number of rotatable bonds is 5. The van der Waals surface area contributed by atoms with Gasteiger partial charge in [-0.05, 0) is 30.3 Å². The molecule has 0 radical (unpaired) electrons. The molecular formula is C12H19N2P. The van der Waals surface area contributed by atoms with Crippen LogP contribution in [0.5, 0.6) is 0 Å². The Labute approximate surface area is 93.9 Å². The summed E-state index contributed by atoms with van der Waals surface area (Å²) in [5, 5.41) is 0. The standard InChI is InChI=1S/C12H19N2P/c1-3-11-10(6-7-13)8-14-12(11)5-4-9(2)15/h3-5,8-9,14H,1,6-7,13,15H2,2H3/b5-4-. The van der Waals surface area contributed by atoms with Crippen molar-refractivity contribution in [1.29, 1.82) is 0 Å². The van der Waals surface area contributed by atoms with Crippen molar-refractivity contribution in [2.45, 2.75) is 19.0 Å².